The summed E-state index contributed by atoms with van der Waals surface area (Å²) in [6.45, 7) is 18.6. The Kier molecular flexibility index (Phi) is 7.15. The molecule has 37 heavy (non-hydrogen) atoms. The Morgan fingerprint density at radius 2 is 1.76 bits per heavy atom. The Morgan fingerprint density at radius 1 is 1.05 bits per heavy atom. The molecule has 6 atom stereocenters. The highest BCUT2D eigenvalue weighted by Gasteiger charge is 2.64. The first kappa shape index (κ1) is 27.9. The van der Waals surface area contributed by atoms with Gasteiger partial charge in [0.2, 0.25) is 0 Å². The minimum absolute atomic E-state index is 0.103. The van der Waals surface area contributed by atoms with Crippen LogP contribution >= 0.6 is 0 Å². The molecule has 4 fully saturated rings. The summed E-state index contributed by atoms with van der Waals surface area (Å²) in [4.78, 5) is 0. The molecular formula is C32H52O4Si. The molecule has 208 valence electrons. The summed E-state index contributed by atoms with van der Waals surface area (Å²) in [5.74, 6) is 8.39. The van der Waals surface area contributed by atoms with E-state index in [4.69, 9.17) is 13.9 Å². The minimum atomic E-state index is -1.70. The van der Waals surface area contributed by atoms with Gasteiger partial charge in [-0.2, -0.15) is 0 Å². The summed E-state index contributed by atoms with van der Waals surface area (Å²) in [5.41, 5.74) is 0.879. The Bertz CT molecular complexity index is 963. The van der Waals surface area contributed by atoms with Crippen LogP contribution < -0.4 is 0 Å². The lowest BCUT2D eigenvalue weighted by Gasteiger charge is -2.59. The zero-order valence-electron chi connectivity index (χ0n) is 24.7. The lowest BCUT2D eigenvalue weighted by molar-refractivity contribution is -0.186. The molecule has 0 unspecified atom stereocenters. The summed E-state index contributed by atoms with van der Waals surface area (Å²) < 4.78 is 18.5. The van der Waals surface area contributed by atoms with E-state index in [1.807, 2.05) is 0 Å². The van der Waals surface area contributed by atoms with E-state index in [-0.39, 0.29) is 21.7 Å². The van der Waals surface area contributed by atoms with Gasteiger partial charge < -0.3 is 19.0 Å². The maximum absolute atomic E-state index is 11.9. The molecule has 1 saturated heterocycles. The van der Waals surface area contributed by atoms with E-state index in [0.717, 1.165) is 77.6 Å². The number of unbranched alkanes of at least 4 members (excludes halogenated alkanes) is 1. The van der Waals surface area contributed by atoms with E-state index in [1.54, 1.807) is 5.57 Å². The van der Waals surface area contributed by atoms with Gasteiger partial charge in [-0.05, 0) is 86.2 Å². The van der Waals surface area contributed by atoms with E-state index in [2.05, 4.69) is 65.6 Å². The lowest BCUT2D eigenvalue weighted by Crippen LogP contribution is -2.55. The van der Waals surface area contributed by atoms with Crippen LogP contribution in [0, 0.1) is 40.4 Å². The van der Waals surface area contributed by atoms with Crippen LogP contribution in [0.4, 0.5) is 0 Å². The van der Waals surface area contributed by atoms with Gasteiger partial charge in [-0.3, -0.25) is 0 Å². The second kappa shape index (κ2) is 9.48. The fraction of sp³-hybridized carbons (Fsp3) is 0.875. The molecule has 1 spiro atoms. The molecule has 0 bridgehead atoms. The van der Waals surface area contributed by atoms with E-state index in [9.17, 15) is 5.11 Å². The summed E-state index contributed by atoms with van der Waals surface area (Å²) in [5, 5.41) is 12.2. The molecule has 5 aliphatic rings. The molecular weight excluding hydrogens is 476 g/mol. The van der Waals surface area contributed by atoms with Crippen molar-refractivity contribution >= 4 is 8.32 Å². The number of fused-ring (bicyclic) bond motifs is 5. The average molecular weight is 529 g/mol. The quantitative estimate of drug-likeness (QED) is 0.181. The molecule has 5 rings (SSSR count). The monoisotopic (exact) mass is 528 g/mol. The van der Waals surface area contributed by atoms with Crippen LogP contribution in [0.3, 0.4) is 0 Å². The summed E-state index contributed by atoms with van der Waals surface area (Å²) in [6.07, 6.45) is 12.8. The van der Waals surface area contributed by atoms with Gasteiger partial charge in [-0.15, -0.1) is 5.92 Å². The van der Waals surface area contributed by atoms with E-state index >= 15 is 0 Å². The highest BCUT2D eigenvalue weighted by molar-refractivity contribution is 6.74. The minimum Gasteiger partial charge on any atom is -0.417 e. The van der Waals surface area contributed by atoms with Gasteiger partial charge in [0.05, 0.1) is 13.2 Å². The van der Waals surface area contributed by atoms with Crippen molar-refractivity contribution in [1.29, 1.82) is 0 Å². The molecule has 1 heterocycles. The van der Waals surface area contributed by atoms with Gasteiger partial charge in [0.25, 0.3) is 0 Å². The molecule has 0 radical (unpaired) electrons. The van der Waals surface area contributed by atoms with Gasteiger partial charge in [-0.25, -0.2) is 0 Å². The Morgan fingerprint density at radius 3 is 2.46 bits per heavy atom. The molecule has 3 saturated carbocycles. The maximum atomic E-state index is 11.9. The van der Waals surface area contributed by atoms with E-state index < -0.39 is 13.9 Å². The topological polar surface area (TPSA) is 47.9 Å². The molecule has 1 N–H and O–H groups in total. The SMILES string of the molecule is CC(C)(C)[Si](C)(C)OCCCC#C[C@]1(O)CC[C@H]2[C@@H]3CC=C4CC5(CC[C@]4(C)[C@H]3CC[C@@]21C)OCCO5. The van der Waals surface area contributed by atoms with Crippen LogP contribution in [-0.4, -0.2) is 44.6 Å². The average Bonchev–Trinajstić information content (AvgIpc) is 3.38. The number of rotatable bonds is 4. The van der Waals surface area contributed by atoms with E-state index in [0.29, 0.717) is 17.8 Å². The molecule has 0 amide bonds. The first-order valence-electron chi connectivity index (χ1n) is 15.1. The summed E-state index contributed by atoms with van der Waals surface area (Å²) >= 11 is 0. The third-order valence-corrected chi connectivity index (χ3v) is 16.6. The normalized spacial score (nSPS) is 40.9. The van der Waals surface area contributed by atoms with Crippen LogP contribution in [-0.2, 0) is 13.9 Å². The highest BCUT2D eigenvalue weighted by Crippen LogP contribution is 2.67. The van der Waals surface area contributed by atoms with Gasteiger partial charge >= 0.3 is 0 Å². The van der Waals surface area contributed by atoms with Gasteiger partial charge in [-0.1, -0.05) is 52.2 Å². The Hall–Kier alpha value is -0.643. The fourth-order valence-corrected chi connectivity index (χ4v) is 9.57. The molecule has 4 nitrogen and oxygen atoms in total. The first-order chi connectivity index (χ1) is 17.3. The molecule has 1 aliphatic heterocycles. The van der Waals surface area contributed by atoms with E-state index in [1.165, 1.54) is 6.42 Å². The molecule has 4 aliphatic carbocycles. The van der Waals surface area contributed by atoms with Crippen molar-refractivity contribution in [3.8, 4) is 11.8 Å². The number of hydrogen-bond acceptors (Lipinski definition) is 4. The Balaban J connectivity index is 1.24. The second-order valence-corrected chi connectivity index (χ2v) is 19.7. The summed E-state index contributed by atoms with van der Waals surface area (Å²) in [7, 11) is -1.70. The van der Waals surface area contributed by atoms with Gasteiger partial charge in [0.1, 0.15) is 5.60 Å². The zero-order chi connectivity index (χ0) is 26.7. The largest absolute Gasteiger partial charge is 0.417 e. The third-order valence-electron chi connectivity index (χ3n) is 12.1. The van der Waals surface area contributed by atoms with Crippen LogP contribution in [0.5, 0.6) is 0 Å². The summed E-state index contributed by atoms with van der Waals surface area (Å²) in [6, 6.07) is 0. The van der Waals surface area contributed by atoms with Gasteiger partial charge in [0, 0.05) is 31.3 Å². The van der Waals surface area contributed by atoms with Crippen molar-refractivity contribution < 1.29 is 19.0 Å². The molecule has 5 heteroatoms. The number of aliphatic hydroxyl groups is 1. The number of allylic oxidation sites excluding steroid dienone is 1. The lowest BCUT2D eigenvalue weighted by atomic mass is 9.47. The van der Waals surface area contributed by atoms with Crippen molar-refractivity contribution in [2.75, 3.05) is 19.8 Å². The standard InChI is InChI=1S/C32H52O4Si/c1-28(2,3)37(6,7)36-20-10-8-9-15-31(33)17-14-27-25-12-11-24-23-32(34-21-22-35-32)19-18-29(24,4)26(25)13-16-30(27,31)5/h11,25-27,33H,8,10,12-14,16-23H2,1-7H3/t25-,26+,27+,29+,30+,31+/m1/s1. The van der Waals surface area contributed by atoms with Crippen LogP contribution in [0.15, 0.2) is 11.6 Å². The van der Waals surface area contributed by atoms with Crippen molar-refractivity contribution in [3.63, 3.8) is 0 Å². The highest BCUT2D eigenvalue weighted by atomic mass is 28.4. The number of hydrogen-bond donors (Lipinski definition) is 1. The number of ether oxygens (including phenoxy) is 2. The van der Waals surface area contributed by atoms with Crippen molar-refractivity contribution in [1.82, 2.24) is 0 Å². The fourth-order valence-electron chi connectivity index (χ4n) is 8.48. The van der Waals surface area contributed by atoms with Gasteiger partial charge in [0.15, 0.2) is 14.1 Å². The smallest absolute Gasteiger partial charge is 0.191 e. The van der Waals surface area contributed by atoms with Crippen molar-refractivity contribution in [3.05, 3.63) is 11.6 Å². The van der Waals surface area contributed by atoms with Crippen LogP contribution in [0.2, 0.25) is 18.1 Å². The first-order valence-corrected chi connectivity index (χ1v) is 18.0. The van der Waals surface area contributed by atoms with Crippen LogP contribution in [0.25, 0.3) is 0 Å². The molecule has 0 aromatic carbocycles. The maximum Gasteiger partial charge on any atom is 0.191 e. The zero-order valence-corrected chi connectivity index (χ0v) is 25.7. The predicted molar refractivity (Wildman–Crippen MR) is 151 cm³/mol. The van der Waals surface area contributed by atoms with Crippen molar-refractivity contribution in [2.45, 2.75) is 128 Å². The Labute approximate surface area is 227 Å². The van der Waals surface area contributed by atoms with Crippen LogP contribution in [0.1, 0.15) is 98.8 Å². The molecule has 0 aromatic rings. The second-order valence-electron chi connectivity index (χ2n) is 14.9. The predicted octanol–water partition coefficient (Wildman–Crippen LogP) is 7.23. The van der Waals surface area contributed by atoms with Crippen molar-refractivity contribution in [2.24, 2.45) is 28.6 Å². The molecule has 0 aromatic heterocycles. The third kappa shape index (κ3) is 4.61.